The highest BCUT2D eigenvalue weighted by molar-refractivity contribution is 7.99. The molecule has 0 aliphatic heterocycles. The molecule has 0 aliphatic rings. The third-order valence-corrected chi connectivity index (χ3v) is 3.26. The summed E-state index contributed by atoms with van der Waals surface area (Å²) in [5.41, 5.74) is 6.28. The Kier molecular flexibility index (Phi) is 3.01. The minimum atomic E-state index is -0.491. The summed E-state index contributed by atoms with van der Waals surface area (Å²) in [6.07, 6.45) is 1.42. The van der Waals surface area contributed by atoms with Crippen LogP contribution in [0.25, 0.3) is 0 Å². The Balaban J connectivity index is 2.36. The van der Waals surface area contributed by atoms with E-state index in [1.807, 2.05) is 6.07 Å². The van der Waals surface area contributed by atoms with Gasteiger partial charge in [0.05, 0.1) is 0 Å². The largest absolute Gasteiger partial charge is 0.399 e. The molecule has 2 rings (SSSR count). The third-order valence-electron chi connectivity index (χ3n) is 2.11. The number of nitrogens with two attached hydrogens (primary N) is 1. The SMILES string of the molecule is Cn1cnc([N+](=O)[O-])c1Sc1cccc(N)c1. The second-order valence-electron chi connectivity index (χ2n) is 3.42. The first-order valence-electron chi connectivity index (χ1n) is 4.77. The van der Waals surface area contributed by atoms with Crippen LogP contribution in [-0.4, -0.2) is 14.5 Å². The molecule has 1 aromatic carbocycles. The topological polar surface area (TPSA) is 87.0 Å². The average Bonchev–Trinajstić information content (AvgIpc) is 2.61. The molecule has 88 valence electrons. The minimum Gasteiger partial charge on any atom is -0.399 e. The van der Waals surface area contributed by atoms with E-state index in [0.717, 1.165) is 4.90 Å². The van der Waals surface area contributed by atoms with E-state index >= 15 is 0 Å². The average molecular weight is 250 g/mol. The van der Waals surface area contributed by atoms with Gasteiger partial charge in [-0.15, -0.1) is 0 Å². The van der Waals surface area contributed by atoms with E-state index in [2.05, 4.69) is 4.98 Å². The van der Waals surface area contributed by atoms with Crippen LogP contribution < -0.4 is 5.73 Å². The normalized spacial score (nSPS) is 10.4. The van der Waals surface area contributed by atoms with Crippen molar-refractivity contribution in [2.75, 3.05) is 5.73 Å². The van der Waals surface area contributed by atoms with Gasteiger partial charge < -0.3 is 20.4 Å². The van der Waals surface area contributed by atoms with E-state index in [0.29, 0.717) is 10.7 Å². The molecule has 2 N–H and O–H groups in total. The van der Waals surface area contributed by atoms with E-state index < -0.39 is 4.92 Å². The highest BCUT2D eigenvalue weighted by Gasteiger charge is 2.20. The number of hydrogen-bond acceptors (Lipinski definition) is 5. The van der Waals surface area contributed by atoms with Crippen molar-refractivity contribution >= 4 is 23.3 Å². The molecule has 7 heteroatoms. The summed E-state index contributed by atoms with van der Waals surface area (Å²) < 4.78 is 1.62. The number of anilines is 1. The second kappa shape index (κ2) is 4.46. The fourth-order valence-corrected chi connectivity index (χ4v) is 2.31. The molecule has 0 amide bonds. The van der Waals surface area contributed by atoms with Crippen molar-refractivity contribution < 1.29 is 4.92 Å². The third kappa shape index (κ3) is 2.39. The maximum absolute atomic E-state index is 10.8. The standard InChI is InChI=1S/C10H10N4O2S/c1-13-6-12-9(14(15)16)10(13)17-8-4-2-3-7(11)5-8/h2-6H,11H2,1H3. The number of hydrogen-bond donors (Lipinski definition) is 1. The first-order valence-corrected chi connectivity index (χ1v) is 5.58. The molecule has 0 unspecified atom stereocenters. The molecule has 0 fully saturated rings. The van der Waals surface area contributed by atoms with Crippen molar-refractivity contribution in [3.8, 4) is 0 Å². The van der Waals surface area contributed by atoms with Gasteiger partial charge in [0.2, 0.25) is 6.33 Å². The summed E-state index contributed by atoms with van der Waals surface area (Å²) in [5, 5.41) is 11.3. The summed E-state index contributed by atoms with van der Waals surface area (Å²) in [6.45, 7) is 0. The quantitative estimate of drug-likeness (QED) is 0.512. The summed E-state index contributed by atoms with van der Waals surface area (Å²) in [6, 6.07) is 7.18. The Hall–Kier alpha value is -2.02. The summed E-state index contributed by atoms with van der Waals surface area (Å²) in [5.74, 6) is -0.139. The van der Waals surface area contributed by atoms with Crippen molar-refractivity contribution in [1.82, 2.24) is 9.55 Å². The van der Waals surface area contributed by atoms with Crippen LogP contribution in [0.5, 0.6) is 0 Å². The van der Waals surface area contributed by atoms with E-state index in [-0.39, 0.29) is 5.82 Å². The number of aryl methyl sites for hydroxylation is 1. The first-order chi connectivity index (χ1) is 8.08. The zero-order chi connectivity index (χ0) is 12.4. The zero-order valence-corrected chi connectivity index (χ0v) is 9.85. The number of imidazole rings is 1. The smallest absolute Gasteiger partial charge is 0.396 e. The van der Waals surface area contributed by atoms with Crippen LogP contribution in [0.15, 0.2) is 40.5 Å². The van der Waals surface area contributed by atoms with Gasteiger partial charge in [0, 0.05) is 17.6 Å². The Bertz CT molecular complexity index is 567. The van der Waals surface area contributed by atoms with Crippen LogP contribution in [0.2, 0.25) is 0 Å². The van der Waals surface area contributed by atoms with E-state index in [4.69, 9.17) is 5.73 Å². The summed E-state index contributed by atoms with van der Waals surface area (Å²) in [7, 11) is 1.72. The fourth-order valence-electron chi connectivity index (χ4n) is 1.34. The number of nitrogen functional groups attached to an aromatic ring is 1. The number of nitro groups is 1. The molecular formula is C10H10N4O2S. The van der Waals surface area contributed by atoms with Crippen molar-refractivity contribution in [2.45, 2.75) is 9.92 Å². The molecule has 6 nitrogen and oxygen atoms in total. The number of nitrogens with zero attached hydrogens (tertiary/aromatic N) is 3. The van der Waals surface area contributed by atoms with Gasteiger partial charge in [-0.05, 0) is 28.1 Å². The number of benzene rings is 1. The van der Waals surface area contributed by atoms with Gasteiger partial charge in [-0.3, -0.25) is 0 Å². The van der Waals surface area contributed by atoms with E-state index in [1.165, 1.54) is 18.1 Å². The Labute approximate surface area is 102 Å². The maximum Gasteiger partial charge on any atom is 0.396 e. The van der Waals surface area contributed by atoms with Crippen molar-refractivity contribution in [3.63, 3.8) is 0 Å². The van der Waals surface area contributed by atoms with Crippen LogP contribution in [-0.2, 0) is 7.05 Å². The molecule has 0 aliphatic carbocycles. The Morgan fingerprint density at radius 1 is 1.53 bits per heavy atom. The Morgan fingerprint density at radius 3 is 2.94 bits per heavy atom. The fraction of sp³-hybridized carbons (Fsp3) is 0.100. The molecule has 0 bridgehead atoms. The summed E-state index contributed by atoms with van der Waals surface area (Å²) in [4.78, 5) is 14.9. The highest BCUT2D eigenvalue weighted by Crippen LogP contribution is 2.33. The molecule has 0 saturated heterocycles. The Morgan fingerprint density at radius 2 is 2.29 bits per heavy atom. The van der Waals surface area contributed by atoms with Gasteiger partial charge in [0.1, 0.15) is 0 Å². The summed E-state index contributed by atoms with van der Waals surface area (Å²) >= 11 is 1.27. The van der Waals surface area contributed by atoms with Crippen LogP contribution in [0.3, 0.4) is 0 Å². The molecule has 1 heterocycles. The van der Waals surface area contributed by atoms with Gasteiger partial charge in [-0.1, -0.05) is 17.8 Å². The first kappa shape index (κ1) is 11.5. The van der Waals surface area contributed by atoms with Gasteiger partial charge >= 0.3 is 5.82 Å². The predicted octanol–water partition coefficient (Wildman–Crippen LogP) is 2.06. The van der Waals surface area contributed by atoms with Crippen molar-refractivity contribution in [2.24, 2.45) is 7.05 Å². The van der Waals surface area contributed by atoms with Crippen LogP contribution >= 0.6 is 11.8 Å². The number of aromatic nitrogens is 2. The molecule has 0 radical (unpaired) electrons. The van der Waals surface area contributed by atoms with Crippen LogP contribution in [0, 0.1) is 10.1 Å². The van der Waals surface area contributed by atoms with E-state index in [9.17, 15) is 10.1 Å². The molecule has 0 saturated carbocycles. The number of rotatable bonds is 3. The zero-order valence-electron chi connectivity index (χ0n) is 9.03. The predicted molar refractivity (Wildman–Crippen MR) is 64.8 cm³/mol. The molecule has 2 aromatic rings. The molecule has 1 aromatic heterocycles. The molecule has 0 atom stereocenters. The lowest BCUT2D eigenvalue weighted by molar-refractivity contribution is -0.392. The van der Waals surface area contributed by atoms with Crippen molar-refractivity contribution in [1.29, 1.82) is 0 Å². The van der Waals surface area contributed by atoms with Crippen molar-refractivity contribution in [3.05, 3.63) is 40.7 Å². The van der Waals surface area contributed by atoms with E-state index in [1.54, 1.807) is 29.8 Å². The molecular weight excluding hydrogens is 240 g/mol. The molecule has 17 heavy (non-hydrogen) atoms. The minimum absolute atomic E-state index is 0.139. The lowest BCUT2D eigenvalue weighted by Gasteiger charge is -2.02. The van der Waals surface area contributed by atoms with Crippen LogP contribution in [0.4, 0.5) is 11.5 Å². The van der Waals surface area contributed by atoms with Gasteiger partial charge in [0.25, 0.3) is 0 Å². The monoisotopic (exact) mass is 250 g/mol. The van der Waals surface area contributed by atoms with Gasteiger partial charge in [-0.2, -0.15) is 0 Å². The maximum atomic E-state index is 10.8. The van der Waals surface area contributed by atoms with Gasteiger partial charge in [0.15, 0.2) is 5.03 Å². The lowest BCUT2D eigenvalue weighted by atomic mass is 10.3. The lowest BCUT2D eigenvalue weighted by Crippen LogP contribution is -1.93. The molecule has 0 spiro atoms. The van der Waals surface area contributed by atoms with Crippen LogP contribution in [0.1, 0.15) is 0 Å². The van der Waals surface area contributed by atoms with Gasteiger partial charge in [-0.25, -0.2) is 0 Å². The second-order valence-corrected chi connectivity index (χ2v) is 4.48. The highest BCUT2D eigenvalue weighted by atomic mass is 32.2.